The highest BCUT2D eigenvalue weighted by Gasteiger charge is 2.41. The third-order valence-corrected chi connectivity index (χ3v) is 2.82. The highest BCUT2D eigenvalue weighted by atomic mass is 19.3. The number of aromatic nitrogens is 2. The standard InChI is InChI=1S/C13H19F4N3O/c1-4-5-18-11-8(2)9(3)19-10(20-11)6-21-7-13(16,17)12(14)15/h12H,4-7H2,1-3H3,(H,18,19,20). The maximum Gasteiger partial charge on any atom is 0.330 e. The zero-order chi connectivity index (χ0) is 16.0. The van der Waals surface area contributed by atoms with Gasteiger partial charge in [-0.15, -0.1) is 0 Å². The van der Waals surface area contributed by atoms with Gasteiger partial charge in [0.15, 0.2) is 5.82 Å². The van der Waals surface area contributed by atoms with Crippen LogP contribution in [-0.2, 0) is 11.3 Å². The van der Waals surface area contributed by atoms with E-state index in [1.54, 1.807) is 6.92 Å². The van der Waals surface area contributed by atoms with E-state index in [2.05, 4.69) is 20.0 Å². The van der Waals surface area contributed by atoms with E-state index in [0.717, 1.165) is 12.0 Å². The van der Waals surface area contributed by atoms with Crippen LogP contribution in [0.2, 0.25) is 0 Å². The fourth-order valence-corrected chi connectivity index (χ4v) is 1.51. The van der Waals surface area contributed by atoms with Crippen molar-refractivity contribution in [3.8, 4) is 0 Å². The number of halogens is 4. The van der Waals surface area contributed by atoms with Gasteiger partial charge in [0.2, 0.25) is 0 Å². The molecule has 0 fully saturated rings. The molecule has 0 aliphatic carbocycles. The molecule has 120 valence electrons. The monoisotopic (exact) mass is 309 g/mol. The second kappa shape index (κ2) is 7.53. The molecule has 0 bridgehead atoms. The molecule has 0 radical (unpaired) electrons. The van der Waals surface area contributed by atoms with E-state index in [0.29, 0.717) is 18.1 Å². The zero-order valence-corrected chi connectivity index (χ0v) is 12.2. The van der Waals surface area contributed by atoms with Crippen LogP contribution in [0.25, 0.3) is 0 Å². The Morgan fingerprint density at radius 1 is 1.24 bits per heavy atom. The zero-order valence-electron chi connectivity index (χ0n) is 12.2. The van der Waals surface area contributed by atoms with Crippen molar-refractivity contribution in [3.63, 3.8) is 0 Å². The SMILES string of the molecule is CCCNc1nc(COCC(F)(F)C(F)F)nc(C)c1C. The van der Waals surface area contributed by atoms with Gasteiger partial charge < -0.3 is 10.1 Å². The van der Waals surface area contributed by atoms with E-state index in [4.69, 9.17) is 0 Å². The van der Waals surface area contributed by atoms with Gasteiger partial charge >= 0.3 is 12.3 Å². The van der Waals surface area contributed by atoms with Crippen LogP contribution in [0, 0.1) is 13.8 Å². The van der Waals surface area contributed by atoms with Gasteiger partial charge in [0, 0.05) is 17.8 Å². The van der Waals surface area contributed by atoms with Crippen LogP contribution in [-0.4, -0.2) is 35.5 Å². The number of aryl methyl sites for hydroxylation is 1. The molecule has 0 aliphatic heterocycles. The summed E-state index contributed by atoms with van der Waals surface area (Å²) in [6.07, 6.45) is -2.85. The largest absolute Gasteiger partial charge is 0.370 e. The fourth-order valence-electron chi connectivity index (χ4n) is 1.51. The topological polar surface area (TPSA) is 47.0 Å². The highest BCUT2D eigenvalue weighted by molar-refractivity contribution is 5.45. The van der Waals surface area contributed by atoms with Gasteiger partial charge in [0.05, 0.1) is 0 Å². The molecular formula is C13H19F4N3O. The van der Waals surface area contributed by atoms with Gasteiger partial charge in [0.25, 0.3) is 0 Å². The van der Waals surface area contributed by atoms with Crippen molar-refractivity contribution in [2.24, 2.45) is 0 Å². The molecule has 1 aromatic rings. The molecule has 1 aromatic heterocycles. The molecule has 0 amide bonds. The lowest BCUT2D eigenvalue weighted by Crippen LogP contribution is -2.32. The number of rotatable bonds is 8. The van der Waals surface area contributed by atoms with E-state index in [-0.39, 0.29) is 12.4 Å². The summed E-state index contributed by atoms with van der Waals surface area (Å²) >= 11 is 0. The van der Waals surface area contributed by atoms with E-state index >= 15 is 0 Å². The molecule has 0 atom stereocenters. The lowest BCUT2D eigenvalue weighted by atomic mass is 10.2. The molecule has 4 nitrogen and oxygen atoms in total. The molecule has 0 aliphatic rings. The van der Waals surface area contributed by atoms with Gasteiger partial charge in [-0.05, 0) is 20.3 Å². The van der Waals surface area contributed by atoms with Crippen LogP contribution in [0.5, 0.6) is 0 Å². The Balaban J connectivity index is 2.69. The van der Waals surface area contributed by atoms with Gasteiger partial charge in [-0.1, -0.05) is 6.92 Å². The van der Waals surface area contributed by atoms with Crippen molar-refractivity contribution in [2.45, 2.75) is 46.1 Å². The molecule has 0 spiro atoms. The second-order valence-electron chi connectivity index (χ2n) is 4.68. The van der Waals surface area contributed by atoms with Crippen LogP contribution in [0.4, 0.5) is 23.4 Å². The molecule has 1 rings (SSSR count). The van der Waals surface area contributed by atoms with E-state index in [1.165, 1.54) is 0 Å². The Bertz CT molecular complexity index is 469. The minimum atomic E-state index is -4.16. The second-order valence-corrected chi connectivity index (χ2v) is 4.68. The first-order valence-electron chi connectivity index (χ1n) is 6.59. The minimum absolute atomic E-state index is 0.182. The maximum absolute atomic E-state index is 12.7. The molecule has 0 unspecified atom stereocenters. The van der Waals surface area contributed by atoms with Gasteiger partial charge in [-0.25, -0.2) is 18.7 Å². The molecule has 0 saturated carbocycles. The fraction of sp³-hybridized carbons (Fsp3) is 0.692. The number of nitrogens with one attached hydrogen (secondary N) is 1. The van der Waals surface area contributed by atoms with Gasteiger partial charge in [0.1, 0.15) is 19.0 Å². The Morgan fingerprint density at radius 2 is 1.90 bits per heavy atom. The summed E-state index contributed by atoms with van der Waals surface area (Å²) < 4.78 is 54.0. The van der Waals surface area contributed by atoms with Crippen molar-refractivity contribution in [2.75, 3.05) is 18.5 Å². The third-order valence-electron chi connectivity index (χ3n) is 2.82. The molecule has 21 heavy (non-hydrogen) atoms. The Labute approximate surface area is 120 Å². The van der Waals surface area contributed by atoms with E-state index in [1.807, 2.05) is 13.8 Å². The molecule has 1 heterocycles. The molecule has 0 saturated heterocycles. The number of hydrogen-bond acceptors (Lipinski definition) is 4. The van der Waals surface area contributed by atoms with Crippen molar-refractivity contribution >= 4 is 5.82 Å². The van der Waals surface area contributed by atoms with Crippen molar-refractivity contribution in [1.82, 2.24) is 9.97 Å². The summed E-state index contributed by atoms with van der Waals surface area (Å²) in [7, 11) is 0. The first-order chi connectivity index (χ1) is 9.77. The minimum Gasteiger partial charge on any atom is -0.370 e. The number of hydrogen-bond donors (Lipinski definition) is 1. The average Bonchev–Trinajstić information content (AvgIpc) is 2.40. The number of ether oxygens (including phenoxy) is 1. The predicted octanol–water partition coefficient (Wildman–Crippen LogP) is 3.33. The normalized spacial score (nSPS) is 12.0. The summed E-state index contributed by atoms with van der Waals surface area (Å²) in [6.45, 7) is 4.59. The van der Waals surface area contributed by atoms with E-state index < -0.39 is 19.0 Å². The first-order valence-corrected chi connectivity index (χ1v) is 6.59. The van der Waals surface area contributed by atoms with Crippen molar-refractivity contribution < 1.29 is 22.3 Å². The Morgan fingerprint density at radius 3 is 2.48 bits per heavy atom. The summed E-state index contributed by atoms with van der Waals surface area (Å²) in [5.74, 6) is -3.38. The molecule has 0 aromatic carbocycles. The Hall–Kier alpha value is -1.44. The average molecular weight is 309 g/mol. The summed E-state index contributed by atoms with van der Waals surface area (Å²) in [4.78, 5) is 8.25. The summed E-state index contributed by atoms with van der Waals surface area (Å²) in [5, 5.41) is 3.09. The lowest BCUT2D eigenvalue weighted by molar-refractivity contribution is -0.168. The Kier molecular flexibility index (Phi) is 6.32. The van der Waals surface area contributed by atoms with Crippen LogP contribution >= 0.6 is 0 Å². The van der Waals surface area contributed by atoms with Gasteiger partial charge in [-0.3, -0.25) is 0 Å². The van der Waals surface area contributed by atoms with E-state index in [9.17, 15) is 17.6 Å². The summed E-state index contributed by atoms with van der Waals surface area (Å²) in [6, 6.07) is 0. The molecule has 8 heteroatoms. The first kappa shape index (κ1) is 17.6. The number of anilines is 1. The number of nitrogens with zero attached hydrogens (tertiary/aromatic N) is 2. The highest BCUT2D eigenvalue weighted by Crippen LogP contribution is 2.23. The van der Waals surface area contributed by atoms with Crippen LogP contribution in [0.1, 0.15) is 30.4 Å². The van der Waals surface area contributed by atoms with Crippen molar-refractivity contribution in [3.05, 3.63) is 17.1 Å². The van der Waals surface area contributed by atoms with Crippen molar-refractivity contribution in [1.29, 1.82) is 0 Å². The predicted molar refractivity (Wildman–Crippen MR) is 70.9 cm³/mol. The van der Waals surface area contributed by atoms with Crippen LogP contribution in [0.3, 0.4) is 0 Å². The quantitative estimate of drug-likeness (QED) is 0.748. The smallest absolute Gasteiger partial charge is 0.330 e. The molecular weight excluding hydrogens is 290 g/mol. The number of alkyl halides is 4. The van der Waals surface area contributed by atoms with Crippen LogP contribution in [0.15, 0.2) is 0 Å². The summed E-state index contributed by atoms with van der Waals surface area (Å²) in [5.41, 5.74) is 1.54. The lowest BCUT2D eigenvalue weighted by Gasteiger charge is -2.15. The third kappa shape index (κ3) is 5.11. The van der Waals surface area contributed by atoms with Gasteiger partial charge in [-0.2, -0.15) is 8.78 Å². The maximum atomic E-state index is 12.7. The molecule has 1 N–H and O–H groups in total. The van der Waals surface area contributed by atoms with Crippen LogP contribution < -0.4 is 5.32 Å².